The molecule has 0 bridgehead atoms. The van der Waals surface area contributed by atoms with Gasteiger partial charge in [0.05, 0.1) is 5.69 Å². The standard InChI is InChI=1S/C13H14N6OS/c1-8-4-3-5-11-15-10(6-12(20)18(8)11)7-21-13-17-16-9(2)19(13)14/h3-6H,7,14H2,1-2H3. The molecule has 0 amide bonds. The lowest BCUT2D eigenvalue weighted by Gasteiger charge is -2.06. The number of hydrogen-bond donors (Lipinski definition) is 1. The van der Waals surface area contributed by atoms with E-state index in [9.17, 15) is 4.79 Å². The largest absolute Gasteiger partial charge is 0.336 e. The van der Waals surface area contributed by atoms with Crippen molar-refractivity contribution in [3.8, 4) is 0 Å². The van der Waals surface area contributed by atoms with Gasteiger partial charge in [0.25, 0.3) is 5.56 Å². The third kappa shape index (κ3) is 2.49. The van der Waals surface area contributed by atoms with E-state index >= 15 is 0 Å². The highest BCUT2D eigenvalue weighted by Gasteiger charge is 2.09. The van der Waals surface area contributed by atoms with Crippen LogP contribution in [0.4, 0.5) is 0 Å². The molecule has 0 radical (unpaired) electrons. The maximum Gasteiger partial charge on any atom is 0.258 e. The van der Waals surface area contributed by atoms with Crippen LogP contribution in [0, 0.1) is 13.8 Å². The molecule has 3 aromatic heterocycles. The highest BCUT2D eigenvalue weighted by molar-refractivity contribution is 7.98. The maximum absolute atomic E-state index is 12.2. The van der Waals surface area contributed by atoms with Crippen molar-refractivity contribution in [2.45, 2.75) is 24.8 Å². The molecule has 0 aliphatic heterocycles. The molecule has 0 aliphatic carbocycles. The van der Waals surface area contributed by atoms with Crippen molar-refractivity contribution in [1.82, 2.24) is 24.3 Å². The van der Waals surface area contributed by atoms with Gasteiger partial charge in [0.1, 0.15) is 11.5 Å². The Kier molecular flexibility index (Phi) is 3.38. The van der Waals surface area contributed by atoms with Crippen molar-refractivity contribution in [3.05, 3.63) is 51.8 Å². The third-order valence-electron chi connectivity index (χ3n) is 3.12. The molecule has 21 heavy (non-hydrogen) atoms. The lowest BCUT2D eigenvalue weighted by atomic mass is 10.3. The summed E-state index contributed by atoms with van der Waals surface area (Å²) in [6.07, 6.45) is 0. The van der Waals surface area contributed by atoms with E-state index in [0.717, 1.165) is 5.69 Å². The Morgan fingerprint density at radius 3 is 2.81 bits per heavy atom. The third-order valence-corrected chi connectivity index (χ3v) is 4.09. The van der Waals surface area contributed by atoms with Crippen LogP contribution in [0.15, 0.2) is 34.2 Å². The second-order valence-corrected chi connectivity index (χ2v) is 5.58. The molecule has 0 aliphatic rings. The molecule has 3 aromatic rings. The second kappa shape index (κ2) is 5.21. The van der Waals surface area contributed by atoms with Gasteiger partial charge in [-0.05, 0) is 26.0 Å². The zero-order valence-corrected chi connectivity index (χ0v) is 12.5. The molecule has 108 valence electrons. The molecule has 3 heterocycles. The van der Waals surface area contributed by atoms with Gasteiger partial charge in [0.15, 0.2) is 0 Å². The number of fused-ring (bicyclic) bond motifs is 1. The van der Waals surface area contributed by atoms with Gasteiger partial charge >= 0.3 is 0 Å². The summed E-state index contributed by atoms with van der Waals surface area (Å²) in [7, 11) is 0. The van der Waals surface area contributed by atoms with Crippen LogP contribution in [0.2, 0.25) is 0 Å². The Labute approximate surface area is 124 Å². The smallest absolute Gasteiger partial charge is 0.258 e. The molecule has 0 saturated carbocycles. The van der Waals surface area contributed by atoms with Crippen molar-refractivity contribution in [2.75, 3.05) is 5.84 Å². The van der Waals surface area contributed by atoms with E-state index in [2.05, 4.69) is 15.2 Å². The number of rotatable bonds is 3. The van der Waals surface area contributed by atoms with E-state index in [4.69, 9.17) is 5.84 Å². The number of aromatic nitrogens is 5. The van der Waals surface area contributed by atoms with E-state index in [1.54, 1.807) is 11.3 Å². The summed E-state index contributed by atoms with van der Waals surface area (Å²) in [6.45, 7) is 3.66. The Morgan fingerprint density at radius 2 is 2.10 bits per heavy atom. The fraction of sp³-hybridized carbons (Fsp3) is 0.231. The number of thioether (sulfide) groups is 1. The molecule has 0 saturated heterocycles. The second-order valence-electron chi connectivity index (χ2n) is 4.63. The van der Waals surface area contributed by atoms with Gasteiger partial charge in [0, 0.05) is 17.5 Å². The van der Waals surface area contributed by atoms with Gasteiger partial charge in [-0.15, -0.1) is 10.2 Å². The first-order valence-electron chi connectivity index (χ1n) is 6.34. The number of nitrogens with zero attached hydrogens (tertiary/aromatic N) is 5. The number of aryl methyl sites for hydroxylation is 2. The summed E-state index contributed by atoms with van der Waals surface area (Å²) in [6, 6.07) is 7.12. The first kappa shape index (κ1) is 13.6. The number of nitrogen functional groups attached to an aromatic ring is 1. The molecule has 0 unspecified atom stereocenters. The molecule has 7 nitrogen and oxygen atoms in total. The normalized spacial score (nSPS) is 11.1. The zero-order chi connectivity index (χ0) is 15.0. The summed E-state index contributed by atoms with van der Waals surface area (Å²) in [5, 5.41) is 8.45. The monoisotopic (exact) mass is 302 g/mol. The van der Waals surface area contributed by atoms with E-state index in [1.165, 1.54) is 22.5 Å². The molecule has 0 aromatic carbocycles. The van der Waals surface area contributed by atoms with Gasteiger partial charge in [-0.1, -0.05) is 17.8 Å². The number of pyridine rings is 1. The van der Waals surface area contributed by atoms with Gasteiger partial charge < -0.3 is 5.84 Å². The fourth-order valence-electron chi connectivity index (χ4n) is 2.02. The van der Waals surface area contributed by atoms with Crippen LogP contribution in [0.5, 0.6) is 0 Å². The van der Waals surface area contributed by atoms with Crippen LogP contribution in [0.1, 0.15) is 17.2 Å². The topological polar surface area (TPSA) is 91.1 Å². The Morgan fingerprint density at radius 1 is 1.29 bits per heavy atom. The van der Waals surface area contributed by atoms with E-state index in [1.807, 2.05) is 25.1 Å². The summed E-state index contributed by atoms with van der Waals surface area (Å²) < 4.78 is 3.01. The molecule has 8 heteroatoms. The molecule has 2 N–H and O–H groups in total. The molecule has 0 fully saturated rings. The number of hydrogen-bond acceptors (Lipinski definition) is 6. The molecular weight excluding hydrogens is 288 g/mol. The predicted molar refractivity (Wildman–Crippen MR) is 80.7 cm³/mol. The molecule has 3 rings (SSSR count). The number of nitrogens with two attached hydrogens (primary N) is 1. The maximum atomic E-state index is 12.2. The average Bonchev–Trinajstić information content (AvgIpc) is 2.76. The average molecular weight is 302 g/mol. The first-order valence-corrected chi connectivity index (χ1v) is 7.33. The van der Waals surface area contributed by atoms with E-state index < -0.39 is 0 Å². The molecule has 0 atom stereocenters. The lowest BCUT2D eigenvalue weighted by molar-refractivity contribution is 0.824. The van der Waals surface area contributed by atoms with Crippen molar-refractivity contribution in [3.63, 3.8) is 0 Å². The van der Waals surface area contributed by atoms with Crippen molar-refractivity contribution in [1.29, 1.82) is 0 Å². The summed E-state index contributed by atoms with van der Waals surface area (Å²) in [5.41, 5.74) is 2.11. The van der Waals surface area contributed by atoms with Crippen molar-refractivity contribution < 1.29 is 0 Å². The predicted octanol–water partition coefficient (Wildman–Crippen LogP) is 0.909. The van der Waals surface area contributed by atoms with Crippen LogP contribution >= 0.6 is 11.8 Å². The zero-order valence-electron chi connectivity index (χ0n) is 11.6. The van der Waals surface area contributed by atoms with Gasteiger partial charge in [0.2, 0.25) is 5.16 Å². The minimum absolute atomic E-state index is 0.0842. The van der Waals surface area contributed by atoms with Gasteiger partial charge in [-0.3, -0.25) is 9.20 Å². The van der Waals surface area contributed by atoms with Crippen LogP contribution in [-0.4, -0.2) is 24.3 Å². The Balaban J connectivity index is 1.92. The highest BCUT2D eigenvalue weighted by Crippen LogP contribution is 2.18. The summed E-state index contributed by atoms with van der Waals surface area (Å²) >= 11 is 1.40. The van der Waals surface area contributed by atoms with Crippen LogP contribution in [-0.2, 0) is 5.75 Å². The fourth-order valence-corrected chi connectivity index (χ4v) is 2.82. The Bertz CT molecular complexity index is 869. The van der Waals surface area contributed by atoms with Gasteiger partial charge in [-0.2, -0.15) is 0 Å². The minimum atomic E-state index is -0.0842. The Hall–Kier alpha value is -2.35. The lowest BCUT2D eigenvalue weighted by Crippen LogP contribution is -2.17. The first-order chi connectivity index (χ1) is 10.1. The minimum Gasteiger partial charge on any atom is -0.336 e. The molecule has 0 spiro atoms. The van der Waals surface area contributed by atoms with Gasteiger partial charge in [-0.25, -0.2) is 9.66 Å². The summed E-state index contributed by atoms with van der Waals surface area (Å²) in [4.78, 5) is 16.7. The van der Waals surface area contributed by atoms with Crippen LogP contribution in [0.25, 0.3) is 5.65 Å². The molecular formula is C13H14N6OS. The quantitative estimate of drug-likeness (QED) is 0.571. The van der Waals surface area contributed by atoms with Crippen LogP contribution < -0.4 is 11.4 Å². The van der Waals surface area contributed by atoms with Crippen molar-refractivity contribution >= 4 is 17.4 Å². The van der Waals surface area contributed by atoms with Crippen LogP contribution in [0.3, 0.4) is 0 Å². The van der Waals surface area contributed by atoms with E-state index in [0.29, 0.717) is 28.1 Å². The van der Waals surface area contributed by atoms with E-state index in [-0.39, 0.29) is 5.56 Å². The highest BCUT2D eigenvalue weighted by atomic mass is 32.2. The summed E-state index contributed by atoms with van der Waals surface area (Å²) in [5.74, 6) is 6.94. The SMILES string of the molecule is Cc1nnc(SCc2cc(=O)n3c(C)cccc3n2)n1N. The van der Waals surface area contributed by atoms with Crippen molar-refractivity contribution in [2.24, 2.45) is 0 Å².